The van der Waals surface area contributed by atoms with Crippen LogP contribution in [-0.4, -0.2) is 15.9 Å². The summed E-state index contributed by atoms with van der Waals surface area (Å²) in [6, 6.07) is 9.44. The van der Waals surface area contributed by atoms with E-state index in [2.05, 4.69) is 20.6 Å². The molecule has 2 aromatic heterocycles. The van der Waals surface area contributed by atoms with E-state index < -0.39 is 0 Å². The highest BCUT2D eigenvalue weighted by Crippen LogP contribution is 2.25. The number of nitrogens with zero attached hydrogens (tertiary/aromatic N) is 2. The van der Waals surface area contributed by atoms with Crippen LogP contribution in [0.2, 0.25) is 5.02 Å². The number of halogens is 2. The zero-order chi connectivity index (χ0) is 17.8. The predicted octanol–water partition coefficient (Wildman–Crippen LogP) is 4.31. The van der Waals surface area contributed by atoms with Crippen molar-refractivity contribution in [1.82, 2.24) is 15.3 Å². The average molecular weight is 377 g/mol. The van der Waals surface area contributed by atoms with Gasteiger partial charge in [-0.1, -0.05) is 35.1 Å². The first-order valence-electron chi connectivity index (χ1n) is 7.40. The molecule has 0 saturated carbocycles. The topological polar surface area (TPSA) is 66.9 Å². The second-order valence-electron chi connectivity index (χ2n) is 5.23. The number of rotatable bonds is 5. The van der Waals surface area contributed by atoms with Crippen molar-refractivity contribution in [3.05, 3.63) is 69.6 Å². The van der Waals surface area contributed by atoms with Gasteiger partial charge in [0.05, 0.1) is 10.7 Å². The molecule has 0 aliphatic rings. The lowest BCUT2D eigenvalue weighted by Gasteiger charge is -2.04. The van der Waals surface area contributed by atoms with Gasteiger partial charge in [-0.15, -0.1) is 0 Å². The van der Waals surface area contributed by atoms with Crippen molar-refractivity contribution >= 4 is 39.8 Å². The van der Waals surface area contributed by atoms with Gasteiger partial charge in [-0.3, -0.25) is 4.79 Å². The number of hydrogen-bond donors (Lipinski definition) is 2. The lowest BCUT2D eigenvalue weighted by Crippen LogP contribution is -2.22. The minimum atomic E-state index is -0.306. The Morgan fingerprint density at radius 1 is 1.24 bits per heavy atom. The normalized spacial score (nSPS) is 10.5. The molecule has 0 spiro atoms. The van der Waals surface area contributed by atoms with Crippen LogP contribution in [0.5, 0.6) is 0 Å². The SMILES string of the molecule is Cc1nc(Nc2ccc(Cl)cn2)sc1C(=O)NCc1ccc(F)cc1. The summed E-state index contributed by atoms with van der Waals surface area (Å²) in [7, 11) is 0. The maximum atomic E-state index is 12.9. The van der Waals surface area contributed by atoms with Crippen molar-refractivity contribution in [2.45, 2.75) is 13.5 Å². The number of nitrogens with one attached hydrogen (secondary N) is 2. The zero-order valence-corrected chi connectivity index (χ0v) is 14.8. The lowest BCUT2D eigenvalue weighted by atomic mass is 10.2. The molecule has 0 fully saturated rings. The molecule has 128 valence electrons. The molecule has 2 N–H and O–H groups in total. The van der Waals surface area contributed by atoms with Gasteiger partial charge >= 0.3 is 0 Å². The summed E-state index contributed by atoms with van der Waals surface area (Å²) < 4.78 is 12.9. The fourth-order valence-electron chi connectivity index (χ4n) is 2.08. The van der Waals surface area contributed by atoms with Crippen LogP contribution in [0.3, 0.4) is 0 Å². The quantitative estimate of drug-likeness (QED) is 0.696. The Balaban J connectivity index is 1.65. The molecule has 0 atom stereocenters. The second kappa shape index (κ2) is 7.58. The number of pyridine rings is 1. The van der Waals surface area contributed by atoms with E-state index >= 15 is 0 Å². The number of benzene rings is 1. The Morgan fingerprint density at radius 3 is 2.68 bits per heavy atom. The van der Waals surface area contributed by atoms with Gasteiger partial charge in [0.1, 0.15) is 16.5 Å². The first-order valence-corrected chi connectivity index (χ1v) is 8.59. The van der Waals surface area contributed by atoms with Crippen molar-refractivity contribution in [3.63, 3.8) is 0 Å². The van der Waals surface area contributed by atoms with Crippen molar-refractivity contribution < 1.29 is 9.18 Å². The number of carbonyl (C=O) groups is 1. The highest BCUT2D eigenvalue weighted by molar-refractivity contribution is 7.17. The Hall–Kier alpha value is -2.51. The van der Waals surface area contributed by atoms with E-state index in [-0.39, 0.29) is 11.7 Å². The highest BCUT2D eigenvalue weighted by atomic mass is 35.5. The summed E-state index contributed by atoms with van der Waals surface area (Å²) in [6.45, 7) is 2.09. The third-order valence-corrected chi connectivity index (χ3v) is 4.63. The predicted molar refractivity (Wildman–Crippen MR) is 97.0 cm³/mol. The molecule has 8 heteroatoms. The molecule has 3 rings (SSSR count). The van der Waals surface area contributed by atoms with Crippen molar-refractivity contribution in [2.75, 3.05) is 5.32 Å². The molecule has 0 unspecified atom stereocenters. The molecule has 0 aliphatic heterocycles. The maximum Gasteiger partial charge on any atom is 0.263 e. The van der Waals surface area contributed by atoms with Crippen molar-refractivity contribution in [3.8, 4) is 0 Å². The minimum absolute atomic E-state index is 0.226. The van der Waals surface area contributed by atoms with Gasteiger partial charge in [-0.05, 0) is 36.8 Å². The fourth-order valence-corrected chi connectivity index (χ4v) is 3.09. The van der Waals surface area contributed by atoms with Gasteiger partial charge in [-0.2, -0.15) is 0 Å². The van der Waals surface area contributed by atoms with Crippen LogP contribution in [0, 0.1) is 12.7 Å². The van der Waals surface area contributed by atoms with Gasteiger partial charge in [0.2, 0.25) is 0 Å². The molecule has 1 aromatic carbocycles. The fraction of sp³-hybridized carbons (Fsp3) is 0.118. The second-order valence-corrected chi connectivity index (χ2v) is 6.66. The van der Waals surface area contributed by atoms with E-state index in [9.17, 15) is 9.18 Å². The molecular formula is C17H14ClFN4OS. The van der Waals surface area contributed by atoms with E-state index in [1.54, 1.807) is 31.2 Å². The van der Waals surface area contributed by atoms with Gasteiger partial charge in [-0.25, -0.2) is 14.4 Å². The molecule has 25 heavy (non-hydrogen) atoms. The van der Waals surface area contributed by atoms with Crippen LogP contribution in [0.25, 0.3) is 0 Å². The molecule has 1 amide bonds. The standard InChI is InChI=1S/C17H14ClFN4OS/c1-10-15(16(24)21-8-11-2-5-13(19)6-3-11)25-17(22-10)23-14-7-4-12(18)9-20-14/h2-7,9H,8H2,1H3,(H,21,24)(H,20,22,23). The number of aromatic nitrogens is 2. The van der Waals surface area contributed by atoms with Crippen LogP contribution in [-0.2, 0) is 6.54 Å². The Bertz CT molecular complexity index is 881. The number of amides is 1. The number of hydrogen-bond acceptors (Lipinski definition) is 5. The van der Waals surface area contributed by atoms with E-state index in [4.69, 9.17) is 11.6 Å². The van der Waals surface area contributed by atoms with Crippen LogP contribution < -0.4 is 10.6 Å². The summed E-state index contributed by atoms with van der Waals surface area (Å²) in [4.78, 5) is 21.3. The van der Waals surface area contributed by atoms with Gasteiger partial charge in [0, 0.05) is 12.7 Å². The van der Waals surface area contributed by atoms with E-state index in [1.165, 1.54) is 29.7 Å². The summed E-state index contributed by atoms with van der Waals surface area (Å²) >= 11 is 7.04. The third-order valence-electron chi connectivity index (χ3n) is 3.33. The first kappa shape index (κ1) is 17.3. The van der Waals surface area contributed by atoms with Crippen LogP contribution >= 0.6 is 22.9 Å². The van der Waals surface area contributed by atoms with Gasteiger partial charge in [0.15, 0.2) is 5.13 Å². The molecule has 5 nitrogen and oxygen atoms in total. The van der Waals surface area contributed by atoms with Crippen molar-refractivity contribution in [1.29, 1.82) is 0 Å². The number of carbonyl (C=O) groups excluding carboxylic acids is 1. The maximum absolute atomic E-state index is 12.9. The first-order chi connectivity index (χ1) is 12.0. The smallest absolute Gasteiger partial charge is 0.263 e. The zero-order valence-electron chi connectivity index (χ0n) is 13.2. The molecule has 3 aromatic rings. The lowest BCUT2D eigenvalue weighted by molar-refractivity contribution is 0.0954. The number of anilines is 2. The molecular weight excluding hydrogens is 363 g/mol. The molecule has 2 heterocycles. The molecule has 0 saturated heterocycles. The number of thiazole rings is 1. The third kappa shape index (κ3) is 4.52. The van der Waals surface area contributed by atoms with E-state index in [1.807, 2.05) is 0 Å². The number of aryl methyl sites for hydroxylation is 1. The monoisotopic (exact) mass is 376 g/mol. The largest absolute Gasteiger partial charge is 0.347 e. The summed E-state index contributed by atoms with van der Waals surface area (Å²) in [5.41, 5.74) is 1.44. The Kier molecular flexibility index (Phi) is 5.25. The van der Waals surface area contributed by atoms with Crippen LogP contribution in [0.15, 0.2) is 42.6 Å². The highest BCUT2D eigenvalue weighted by Gasteiger charge is 2.15. The van der Waals surface area contributed by atoms with Gasteiger partial charge < -0.3 is 10.6 Å². The molecule has 0 bridgehead atoms. The summed E-state index contributed by atoms with van der Waals surface area (Å²) in [6.07, 6.45) is 1.53. The molecule has 0 radical (unpaired) electrons. The minimum Gasteiger partial charge on any atom is -0.347 e. The van der Waals surface area contributed by atoms with E-state index in [0.29, 0.717) is 33.1 Å². The Morgan fingerprint density at radius 2 is 2.00 bits per heavy atom. The molecule has 0 aliphatic carbocycles. The Labute approximate surface area is 152 Å². The van der Waals surface area contributed by atoms with Crippen LogP contribution in [0.4, 0.5) is 15.3 Å². The summed E-state index contributed by atoms with van der Waals surface area (Å²) in [5.74, 6) is 0.0627. The van der Waals surface area contributed by atoms with Crippen molar-refractivity contribution in [2.24, 2.45) is 0 Å². The van der Waals surface area contributed by atoms with E-state index in [0.717, 1.165) is 5.56 Å². The van der Waals surface area contributed by atoms with Crippen LogP contribution in [0.1, 0.15) is 20.9 Å². The average Bonchev–Trinajstić information content (AvgIpc) is 2.96. The van der Waals surface area contributed by atoms with Gasteiger partial charge in [0.25, 0.3) is 5.91 Å². The summed E-state index contributed by atoms with van der Waals surface area (Å²) in [5, 5.41) is 6.96.